The lowest BCUT2D eigenvalue weighted by molar-refractivity contribution is 1.01. The van der Waals surface area contributed by atoms with E-state index in [1.807, 2.05) is 13.0 Å². The number of rotatable bonds is 4. The summed E-state index contributed by atoms with van der Waals surface area (Å²) in [5, 5.41) is 1.04. The summed E-state index contributed by atoms with van der Waals surface area (Å²) in [7, 11) is 0. The quantitative estimate of drug-likeness (QED) is 0.301. The molecule has 0 aromatic carbocycles. The Morgan fingerprint density at radius 3 is 2.77 bits per heavy atom. The van der Waals surface area contributed by atoms with Crippen molar-refractivity contribution in [2.75, 3.05) is 5.33 Å². The van der Waals surface area contributed by atoms with Gasteiger partial charge in [-0.3, -0.25) is 0 Å². The Balaban J connectivity index is 3.95. The molecule has 0 aromatic heterocycles. The summed E-state index contributed by atoms with van der Waals surface area (Å²) in [6.07, 6.45) is 9.44. The molecule has 0 N–H and O–H groups in total. The average Bonchev–Trinajstić information content (AvgIpc) is 2.17. The van der Waals surface area contributed by atoms with Crippen molar-refractivity contribution in [1.82, 2.24) is 0 Å². The maximum Gasteiger partial charge on any atom is 0.0199 e. The fourth-order valence-electron chi connectivity index (χ4n) is 0.775. The molecule has 0 aliphatic carbocycles. The van der Waals surface area contributed by atoms with E-state index in [0.717, 1.165) is 30.2 Å². The van der Waals surface area contributed by atoms with Crippen LogP contribution >= 0.6 is 15.9 Å². The van der Waals surface area contributed by atoms with E-state index in [2.05, 4.69) is 46.8 Å². The zero-order chi connectivity index (χ0) is 9.94. The van der Waals surface area contributed by atoms with Crippen molar-refractivity contribution in [3.05, 3.63) is 23.8 Å². The van der Waals surface area contributed by atoms with Crippen LogP contribution < -0.4 is 0 Å². The van der Waals surface area contributed by atoms with E-state index in [-0.39, 0.29) is 0 Å². The molecule has 0 aliphatic rings. The predicted octanol–water partition coefficient (Wildman–Crippen LogP) is 4.08. The summed E-state index contributed by atoms with van der Waals surface area (Å²) in [6, 6.07) is 0. The number of hydrogen-bond acceptors (Lipinski definition) is 0. The van der Waals surface area contributed by atoms with Gasteiger partial charge in [-0.25, -0.2) is 0 Å². The van der Waals surface area contributed by atoms with Gasteiger partial charge in [0.05, 0.1) is 0 Å². The van der Waals surface area contributed by atoms with Crippen molar-refractivity contribution in [2.45, 2.75) is 33.1 Å². The Hall–Kier alpha value is -0.480. The van der Waals surface area contributed by atoms with E-state index >= 15 is 0 Å². The fraction of sp³-hybridized carbons (Fsp3) is 0.500. The van der Waals surface area contributed by atoms with Crippen LogP contribution in [0.3, 0.4) is 0 Å². The maximum absolute atomic E-state index is 3.38. The van der Waals surface area contributed by atoms with Crippen molar-refractivity contribution in [3.8, 4) is 11.8 Å². The van der Waals surface area contributed by atoms with Gasteiger partial charge in [0, 0.05) is 17.3 Å². The number of halogens is 1. The molecule has 1 heteroatoms. The minimum absolute atomic E-state index is 0.975. The van der Waals surface area contributed by atoms with Gasteiger partial charge in [-0.2, -0.15) is 0 Å². The fourth-order valence-corrected chi connectivity index (χ4v) is 1.06. The first-order chi connectivity index (χ1) is 6.35. The van der Waals surface area contributed by atoms with Crippen LogP contribution in [0.4, 0.5) is 0 Å². The summed E-state index contributed by atoms with van der Waals surface area (Å²) < 4.78 is 0. The molecular formula is C12H17Br. The van der Waals surface area contributed by atoms with Crippen LogP contribution in [0.1, 0.15) is 33.1 Å². The van der Waals surface area contributed by atoms with Gasteiger partial charge in [0.25, 0.3) is 0 Å². The zero-order valence-electron chi connectivity index (χ0n) is 8.44. The predicted molar refractivity (Wildman–Crippen MR) is 64.0 cm³/mol. The highest BCUT2D eigenvalue weighted by Crippen LogP contribution is 1.97. The van der Waals surface area contributed by atoms with Crippen molar-refractivity contribution >= 4 is 15.9 Å². The van der Waals surface area contributed by atoms with Gasteiger partial charge in [-0.15, -0.1) is 0 Å². The van der Waals surface area contributed by atoms with Crippen molar-refractivity contribution < 1.29 is 0 Å². The molecule has 0 heterocycles. The highest BCUT2D eigenvalue weighted by atomic mass is 79.9. The number of unbranched alkanes of at least 4 members (excludes halogenated alkanes) is 1. The second-order valence-electron chi connectivity index (χ2n) is 2.65. The lowest BCUT2D eigenvalue weighted by Gasteiger charge is -1.87. The molecule has 0 nitrogen and oxygen atoms in total. The Morgan fingerprint density at radius 2 is 2.23 bits per heavy atom. The topological polar surface area (TPSA) is 0 Å². The molecule has 0 rings (SSSR count). The summed E-state index contributed by atoms with van der Waals surface area (Å²) in [6.45, 7) is 4.15. The van der Waals surface area contributed by atoms with Gasteiger partial charge < -0.3 is 0 Å². The SMILES string of the molecule is C/C=C(C#CCCCBr)\C=C/CC. The van der Waals surface area contributed by atoms with Crippen molar-refractivity contribution in [3.63, 3.8) is 0 Å². The number of allylic oxidation sites excluding steroid dienone is 4. The van der Waals surface area contributed by atoms with Crippen LogP contribution in [-0.4, -0.2) is 5.33 Å². The van der Waals surface area contributed by atoms with E-state index in [1.54, 1.807) is 0 Å². The van der Waals surface area contributed by atoms with E-state index in [9.17, 15) is 0 Å². The molecular weight excluding hydrogens is 224 g/mol. The molecule has 72 valence electrons. The van der Waals surface area contributed by atoms with E-state index in [0.29, 0.717) is 0 Å². The maximum atomic E-state index is 3.38. The monoisotopic (exact) mass is 240 g/mol. The first kappa shape index (κ1) is 12.5. The Bertz CT molecular complexity index is 225. The summed E-state index contributed by atoms with van der Waals surface area (Å²) >= 11 is 3.38. The van der Waals surface area contributed by atoms with E-state index in [4.69, 9.17) is 0 Å². The summed E-state index contributed by atoms with van der Waals surface area (Å²) in [5.41, 5.74) is 1.12. The van der Waals surface area contributed by atoms with E-state index in [1.165, 1.54) is 0 Å². The van der Waals surface area contributed by atoms with Crippen LogP contribution in [0, 0.1) is 11.8 Å². The molecule has 0 saturated heterocycles. The Kier molecular flexibility index (Phi) is 9.25. The molecule has 0 spiro atoms. The molecule has 13 heavy (non-hydrogen) atoms. The van der Waals surface area contributed by atoms with Crippen LogP contribution in [0.5, 0.6) is 0 Å². The highest BCUT2D eigenvalue weighted by molar-refractivity contribution is 9.09. The van der Waals surface area contributed by atoms with Gasteiger partial charge in [0.15, 0.2) is 0 Å². The molecule has 0 amide bonds. The first-order valence-corrected chi connectivity index (χ1v) is 5.85. The van der Waals surface area contributed by atoms with Gasteiger partial charge >= 0.3 is 0 Å². The van der Waals surface area contributed by atoms with Crippen molar-refractivity contribution in [1.29, 1.82) is 0 Å². The molecule has 0 aromatic rings. The molecule has 0 unspecified atom stereocenters. The van der Waals surface area contributed by atoms with Gasteiger partial charge in [-0.1, -0.05) is 52.9 Å². The standard InChI is InChI=1S/C12H17Br/c1-3-5-9-12(4-2)10-7-6-8-11-13/h4-5,9H,3,6,8,11H2,1-2H3/b9-5-,12-4+. The van der Waals surface area contributed by atoms with Crippen LogP contribution in [0.25, 0.3) is 0 Å². The minimum atomic E-state index is 0.975. The third-order valence-electron chi connectivity index (χ3n) is 1.51. The third-order valence-corrected chi connectivity index (χ3v) is 2.07. The smallest absolute Gasteiger partial charge is 0.0199 e. The van der Waals surface area contributed by atoms with Gasteiger partial charge in [0.1, 0.15) is 0 Å². The lowest BCUT2D eigenvalue weighted by Crippen LogP contribution is -1.74. The molecule has 0 bridgehead atoms. The Labute approximate surface area is 90.2 Å². The largest absolute Gasteiger partial charge is 0.0979 e. The zero-order valence-corrected chi connectivity index (χ0v) is 10.0. The van der Waals surface area contributed by atoms with Crippen LogP contribution in [0.2, 0.25) is 0 Å². The molecule has 0 aliphatic heterocycles. The van der Waals surface area contributed by atoms with Gasteiger partial charge in [-0.05, 0) is 19.8 Å². The second kappa shape index (κ2) is 9.61. The normalized spacial score (nSPS) is 11.5. The number of hydrogen-bond donors (Lipinski definition) is 0. The van der Waals surface area contributed by atoms with Gasteiger partial charge in [0.2, 0.25) is 0 Å². The molecule has 0 radical (unpaired) electrons. The summed E-state index contributed by atoms with van der Waals surface area (Å²) in [5.74, 6) is 6.29. The minimum Gasteiger partial charge on any atom is -0.0979 e. The average molecular weight is 241 g/mol. The molecule has 0 fully saturated rings. The van der Waals surface area contributed by atoms with E-state index < -0.39 is 0 Å². The third kappa shape index (κ3) is 7.87. The molecule has 0 atom stereocenters. The highest BCUT2D eigenvalue weighted by Gasteiger charge is 1.81. The van der Waals surface area contributed by atoms with Crippen LogP contribution in [0.15, 0.2) is 23.8 Å². The molecule has 0 saturated carbocycles. The van der Waals surface area contributed by atoms with Crippen molar-refractivity contribution in [2.24, 2.45) is 0 Å². The lowest BCUT2D eigenvalue weighted by atomic mass is 10.2. The first-order valence-electron chi connectivity index (χ1n) is 4.72. The summed E-state index contributed by atoms with van der Waals surface area (Å²) in [4.78, 5) is 0. The Morgan fingerprint density at radius 1 is 1.46 bits per heavy atom. The number of alkyl halides is 1. The van der Waals surface area contributed by atoms with Crippen LogP contribution in [-0.2, 0) is 0 Å². The second-order valence-corrected chi connectivity index (χ2v) is 3.44.